The van der Waals surface area contributed by atoms with Crippen LogP contribution in [0.1, 0.15) is 40.7 Å². The van der Waals surface area contributed by atoms with Crippen molar-refractivity contribution < 1.29 is 9.59 Å². The van der Waals surface area contributed by atoms with Gasteiger partial charge in [0.2, 0.25) is 5.91 Å². The summed E-state index contributed by atoms with van der Waals surface area (Å²) < 4.78 is 1.63. The van der Waals surface area contributed by atoms with Crippen LogP contribution in [0.2, 0.25) is 0 Å². The van der Waals surface area contributed by atoms with Crippen LogP contribution in [0, 0.1) is 6.92 Å². The van der Waals surface area contributed by atoms with Crippen LogP contribution >= 0.6 is 0 Å². The van der Waals surface area contributed by atoms with Crippen molar-refractivity contribution in [3.63, 3.8) is 0 Å². The first-order valence-corrected chi connectivity index (χ1v) is 8.40. The number of Topliss-reactive ketones (excluding diaryl/α,β-unsaturated/α-hetero) is 1. The van der Waals surface area contributed by atoms with Gasteiger partial charge < -0.3 is 4.90 Å². The molecule has 2 heterocycles. The molecule has 2 aromatic rings. The summed E-state index contributed by atoms with van der Waals surface area (Å²) in [6, 6.07) is 7.97. The molecule has 0 aliphatic carbocycles. The van der Waals surface area contributed by atoms with Gasteiger partial charge in [0, 0.05) is 32.3 Å². The molecule has 1 fully saturated rings. The topological polar surface area (TPSA) is 55.2 Å². The molecule has 5 nitrogen and oxygen atoms in total. The SMILES string of the molecule is Cc1ccccc1CC(=O)N1CCC[C@H]1CC(=O)c1cnn(C)c1. The van der Waals surface area contributed by atoms with Crippen molar-refractivity contribution in [1.82, 2.24) is 14.7 Å². The second-order valence-corrected chi connectivity index (χ2v) is 6.52. The van der Waals surface area contributed by atoms with E-state index in [-0.39, 0.29) is 17.7 Å². The summed E-state index contributed by atoms with van der Waals surface area (Å²) in [6.45, 7) is 2.77. The van der Waals surface area contributed by atoms with Gasteiger partial charge in [-0.2, -0.15) is 5.10 Å². The normalized spacial score (nSPS) is 17.2. The highest BCUT2D eigenvalue weighted by molar-refractivity contribution is 5.96. The van der Waals surface area contributed by atoms with Crippen LogP contribution in [0.3, 0.4) is 0 Å². The van der Waals surface area contributed by atoms with E-state index in [4.69, 9.17) is 0 Å². The van der Waals surface area contributed by atoms with Crippen LogP contribution in [-0.2, 0) is 18.3 Å². The largest absolute Gasteiger partial charge is 0.339 e. The average molecular weight is 325 g/mol. The minimum Gasteiger partial charge on any atom is -0.339 e. The van der Waals surface area contributed by atoms with E-state index in [0.29, 0.717) is 18.4 Å². The molecule has 0 bridgehead atoms. The molecule has 1 aliphatic rings. The predicted molar refractivity (Wildman–Crippen MR) is 91.8 cm³/mol. The fourth-order valence-corrected chi connectivity index (χ4v) is 3.35. The van der Waals surface area contributed by atoms with Crippen molar-refractivity contribution >= 4 is 11.7 Å². The second kappa shape index (κ2) is 6.99. The Morgan fingerprint density at radius 2 is 2.08 bits per heavy atom. The van der Waals surface area contributed by atoms with Gasteiger partial charge >= 0.3 is 0 Å². The van der Waals surface area contributed by atoms with E-state index in [9.17, 15) is 9.59 Å². The van der Waals surface area contributed by atoms with Crippen molar-refractivity contribution in [3.8, 4) is 0 Å². The van der Waals surface area contributed by atoms with Gasteiger partial charge in [-0.1, -0.05) is 24.3 Å². The smallest absolute Gasteiger partial charge is 0.227 e. The number of carbonyl (C=O) groups is 2. The third-order valence-corrected chi connectivity index (χ3v) is 4.75. The third-order valence-electron chi connectivity index (χ3n) is 4.75. The molecule has 126 valence electrons. The third kappa shape index (κ3) is 3.55. The van der Waals surface area contributed by atoms with E-state index in [1.165, 1.54) is 0 Å². The molecular weight excluding hydrogens is 302 g/mol. The highest BCUT2D eigenvalue weighted by atomic mass is 16.2. The number of benzene rings is 1. The number of hydrogen-bond donors (Lipinski definition) is 0. The summed E-state index contributed by atoms with van der Waals surface area (Å²) in [7, 11) is 1.80. The van der Waals surface area contributed by atoms with Gasteiger partial charge in [-0.25, -0.2) is 0 Å². The second-order valence-electron chi connectivity index (χ2n) is 6.52. The predicted octanol–water partition coefficient (Wildman–Crippen LogP) is 2.54. The molecule has 0 N–H and O–H groups in total. The van der Waals surface area contributed by atoms with Gasteiger partial charge in [0.15, 0.2) is 5.78 Å². The Bertz CT molecular complexity index is 751. The maximum Gasteiger partial charge on any atom is 0.227 e. The molecule has 24 heavy (non-hydrogen) atoms. The summed E-state index contributed by atoms with van der Waals surface area (Å²) >= 11 is 0. The quantitative estimate of drug-likeness (QED) is 0.794. The first kappa shape index (κ1) is 16.4. The van der Waals surface area contributed by atoms with E-state index in [0.717, 1.165) is 30.5 Å². The molecule has 1 amide bonds. The fraction of sp³-hybridized carbons (Fsp3) is 0.421. The molecule has 0 spiro atoms. The maximum absolute atomic E-state index is 12.7. The van der Waals surface area contributed by atoms with Gasteiger partial charge in [0.1, 0.15) is 0 Å². The zero-order valence-electron chi connectivity index (χ0n) is 14.2. The molecule has 3 rings (SSSR count). The number of aromatic nitrogens is 2. The maximum atomic E-state index is 12.7. The number of rotatable bonds is 5. The number of ketones is 1. The first-order chi connectivity index (χ1) is 11.5. The van der Waals surface area contributed by atoms with Gasteiger partial charge in [0.25, 0.3) is 0 Å². The number of amides is 1. The van der Waals surface area contributed by atoms with E-state index >= 15 is 0 Å². The van der Waals surface area contributed by atoms with Crippen LogP contribution in [0.25, 0.3) is 0 Å². The molecule has 0 radical (unpaired) electrons. The van der Waals surface area contributed by atoms with E-state index in [1.54, 1.807) is 24.1 Å². The molecule has 1 aromatic carbocycles. The Hall–Kier alpha value is -2.43. The number of likely N-dealkylation sites (tertiary alicyclic amines) is 1. The van der Waals surface area contributed by atoms with E-state index in [2.05, 4.69) is 5.10 Å². The monoisotopic (exact) mass is 325 g/mol. The van der Waals surface area contributed by atoms with Crippen molar-refractivity contribution in [3.05, 3.63) is 53.3 Å². The molecule has 1 saturated heterocycles. The molecule has 0 unspecified atom stereocenters. The summed E-state index contributed by atoms with van der Waals surface area (Å²) in [5.41, 5.74) is 2.82. The van der Waals surface area contributed by atoms with E-state index < -0.39 is 0 Å². The lowest BCUT2D eigenvalue weighted by molar-refractivity contribution is -0.131. The Morgan fingerprint density at radius 1 is 1.29 bits per heavy atom. The van der Waals surface area contributed by atoms with Gasteiger partial charge in [-0.05, 0) is 30.9 Å². The zero-order chi connectivity index (χ0) is 17.1. The number of hydrogen-bond acceptors (Lipinski definition) is 3. The molecular formula is C19H23N3O2. The molecule has 0 saturated carbocycles. The van der Waals surface area contributed by atoms with Crippen LogP contribution < -0.4 is 0 Å². The summed E-state index contributed by atoms with van der Waals surface area (Å²) in [4.78, 5) is 27.0. The Morgan fingerprint density at radius 3 is 2.79 bits per heavy atom. The van der Waals surface area contributed by atoms with Crippen LogP contribution in [0.5, 0.6) is 0 Å². The highest BCUT2D eigenvalue weighted by Crippen LogP contribution is 2.23. The van der Waals surface area contributed by atoms with Gasteiger partial charge in [-0.3, -0.25) is 14.3 Å². The lowest BCUT2D eigenvalue weighted by Gasteiger charge is -2.24. The molecule has 1 aliphatic heterocycles. The van der Waals surface area contributed by atoms with Crippen molar-refractivity contribution in [1.29, 1.82) is 0 Å². The lowest BCUT2D eigenvalue weighted by Crippen LogP contribution is -2.37. The molecule has 1 aromatic heterocycles. The van der Waals surface area contributed by atoms with Crippen LogP contribution in [-0.4, -0.2) is 39.0 Å². The Labute approximate surface area is 142 Å². The summed E-state index contributed by atoms with van der Waals surface area (Å²) in [5, 5.41) is 4.05. The Kier molecular flexibility index (Phi) is 4.79. The summed E-state index contributed by atoms with van der Waals surface area (Å²) in [6.07, 6.45) is 5.97. The molecule has 5 heteroatoms. The number of aryl methyl sites for hydroxylation is 2. The minimum absolute atomic E-state index is 0.00854. The lowest BCUT2D eigenvalue weighted by atomic mass is 10.0. The fourth-order valence-electron chi connectivity index (χ4n) is 3.35. The summed E-state index contributed by atoms with van der Waals surface area (Å²) in [5.74, 6) is 0.175. The van der Waals surface area contributed by atoms with Crippen molar-refractivity contribution in [2.75, 3.05) is 6.54 Å². The average Bonchev–Trinajstić information content (AvgIpc) is 3.18. The van der Waals surface area contributed by atoms with Crippen molar-refractivity contribution in [2.45, 2.75) is 38.6 Å². The highest BCUT2D eigenvalue weighted by Gasteiger charge is 2.30. The molecule has 1 atom stereocenters. The van der Waals surface area contributed by atoms with Crippen LogP contribution in [0.4, 0.5) is 0 Å². The number of nitrogens with zero attached hydrogens (tertiary/aromatic N) is 3. The Balaban J connectivity index is 1.65. The van der Waals surface area contributed by atoms with Crippen LogP contribution in [0.15, 0.2) is 36.7 Å². The van der Waals surface area contributed by atoms with E-state index in [1.807, 2.05) is 36.1 Å². The van der Waals surface area contributed by atoms with Gasteiger partial charge in [0.05, 0.1) is 18.2 Å². The number of carbonyl (C=O) groups excluding carboxylic acids is 2. The van der Waals surface area contributed by atoms with Crippen molar-refractivity contribution in [2.24, 2.45) is 7.05 Å². The first-order valence-electron chi connectivity index (χ1n) is 8.40. The van der Waals surface area contributed by atoms with Gasteiger partial charge in [-0.15, -0.1) is 0 Å². The standard InChI is InChI=1S/C19H23N3O2/c1-14-6-3-4-7-15(14)10-19(24)22-9-5-8-17(22)11-18(23)16-12-20-21(2)13-16/h3-4,6-7,12-13,17H,5,8-11H2,1-2H3/t17-/m0/s1. The minimum atomic E-state index is 0.00854. The zero-order valence-corrected chi connectivity index (χ0v) is 14.2.